The maximum absolute atomic E-state index is 12.6. The van der Waals surface area contributed by atoms with Gasteiger partial charge < -0.3 is 14.6 Å². The maximum Gasteiger partial charge on any atom is 0.333 e. The van der Waals surface area contributed by atoms with Crippen LogP contribution in [0.4, 0.5) is 0 Å². The number of hydrogen-bond acceptors (Lipinski definition) is 6. The number of nitrogens with one attached hydrogen (secondary N) is 1. The standard InChI is InChI=1S/C20H23N5O3/c1-4-5-11-20(23-24-20)12-10-17(26)22-19(2,18(27)28-3)13-25-14-21-15-8-6-7-9-16(15)25/h1,6-9,14H,5,10-13H2,2-3H3,(H,22,26). The molecular weight excluding hydrogens is 358 g/mol. The number of aromatic nitrogens is 2. The molecule has 1 aliphatic heterocycles. The summed E-state index contributed by atoms with van der Waals surface area (Å²) in [6, 6.07) is 7.59. The zero-order valence-electron chi connectivity index (χ0n) is 16.0. The van der Waals surface area contributed by atoms with E-state index in [9.17, 15) is 9.59 Å². The lowest BCUT2D eigenvalue weighted by atomic mass is 9.99. The molecule has 28 heavy (non-hydrogen) atoms. The van der Waals surface area contributed by atoms with Crippen LogP contribution in [0, 0.1) is 12.3 Å². The Labute approximate surface area is 163 Å². The Morgan fingerprint density at radius 2 is 2.07 bits per heavy atom. The molecule has 8 nitrogen and oxygen atoms in total. The number of imidazole rings is 1. The van der Waals surface area contributed by atoms with Crippen molar-refractivity contribution in [2.75, 3.05) is 7.11 Å². The van der Waals surface area contributed by atoms with E-state index in [0.717, 1.165) is 11.0 Å². The first-order chi connectivity index (χ1) is 13.4. The van der Waals surface area contributed by atoms with Crippen LogP contribution in [-0.4, -0.2) is 39.7 Å². The molecule has 1 amide bonds. The minimum Gasteiger partial charge on any atom is -0.467 e. The molecule has 0 aliphatic carbocycles. The van der Waals surface area contributed by atoms with Crippen molar-refractivity contribution in [3.05, 3.63) is 30.6 Å². The Morgan fingerprint density at radius 3 is 2.75 bits per heavy atom. The van der Waals surface area contributed by atoms with Gasteiger partial charge in [0.1, 0.15) is 0 Å². The van der Waals surface area contributed by atoms with Gasteiger partial charge in [-0.05, 0) is 19.1 Å². The molecule has 1 aromatic carbocycles. The normalized spacial score (nSPS) is 16.2. The summed E-state index contributed by atoms with van der Waals surface area (Å²) in [5, 5.41) is 10.9. The molecule has 1 N–H and O–H groups in total. The molecule has 2 aromatic rings. The number of benzene rings is 1. The summed E-state index contributed by atoms with van der Waals surface area (Å²) >= 11 is 0. The van der Waals surface area contributed by atoms with Gasteiger partial charge in [0.25, 0.3) is 0 Å². The van der Waals surface area contributed by atoms with E-state index in [2.05, 4.69) is 26.4 Å². The quantitative estimate of drug-likeness (QED) is 0.533. The van der Waals surface area contributed by atoms with E-state index in [4.69, 9.17) is 11.2 Å². The lowest BCUT2D eigenvalue weighted by Gasteiger charge is -2.28. The van der Waals surface area contributed by atoms with Crippen molar-refractivity contribution in [2.24, 2.45) is 10.2 Å². The first-order valence-electron chi connectivity index (χ1n) is 9.08. The van der Waals surface area contributed by atoms with E-state index < -0.39 is 17.2 Å². The highest BCUT2D eigenvalue weighted by atomic mass is 16.5. The molecule has 3 rings (SSSR count). The largest absolute Gasteiger partial charge is 0.467 e. The van der Waals surface area contributed by atoms with E-state index in [1.165, 1.54) is 7.11 Å². The Bertz CT molecular complexity index is 952. The number of nitrogens with zero attached hydrogens (tertiary/aromatic N) is 4. The average Bonchev–Trinajstić information content (AvgIpc) is 3.37. The fraction of sp³-hybridized carbons (Fsp3) is 0.450. The maximum atomic E-state index is 12.6. The highest BCUT2D eigenvalue weighted by molar-refractivity contribution is 5.88. The predicted octanol–water partition coefficient (Wildman–Crippen LogP) is 2.44. The van der Waals surface area contributed by atoms with Crippen LogP contribution in [-0.2, 0) is 20.9 Å². The molecule has 0 saturated heterocycles. The first-order valence-corrected chi connectivity index (χ1v) is 9.08. The Hall–Kier alpha value is -3.21. The Kier molecular flexibility index (Phi) is 5.45. The molecule has 0 saturated carbocycles. The SMILES string of the molecule is C#CCCC1(CCC(=O)NC(C)(Cn2cnc3ccccc32)C(=O)OC)N=N1. The zero-order valence-corrected chi connectivity index (χ0v) is 16.0. The lowest BCUT2D eigenvalue weighted by Crippen LogP contribution is -2.55. The Balaban J connectivity index is 1.68. The van der Waals surface area contributed by atoms with Crippen LogP contribution in [0.25, 0.3) is 11.0 Å². The topological polar surface area (TPSA) is 97.9 Å². The summed E-state index contributed by atoms with van der Waals surface area (Å²) in [6.45, 7) is 1.84. The number of methoxy groups -OCH3 is 1. The summed E-state index contributed by atoms with van der Waals surface area (Å²) in [5.74, 6) is 1.77. The number of esters is 1. The number of hydrogen-bond donors (Lipinski definition) is 1. The molecule has 0 spiro atoms. The zero-order chi connectivity index (χ0) is 20.2. The Morgan fingerprint density at radius 1 is 1.32 bits per heavy atom. The molecule has 0 bridgehead atoms. The summed E-state index contributed by atoms with van der Waals surface area (Å²) in [7, 11) is 1.30. The van der Waals surface area contributed by atoms with Gasteiger partial charge in [0.05, 0.1) is 31.0 Å². The molecule has 1 aromatic heterocycles. The number of fused-ring (bicyclic) bond motifs is 1. The minimum atomic E-state index is -1.24. The van der Waals surface area contributed by atoms with E-state index in [1.807, 2.05) is 28.8 Å². The summed E-state index contributed by atoms with van der Waals surface area (Å²) in [6.07, 6.45) is 8.77. The number of para-hydroxylation sites is 2. The predicted molar refractivity (Wildman–Crippen MR) is 103 cm³/mol. The molecule has 1 aliphatic rings. The third kappa shape index (κ3) is 4.19. The van der Waals surface area contributed by atoms with E-state index >= 15 is 0 Å². The van der Waals surface area contributed by atoms with Gasteiger partial charge in [0.15, 0.2) is 11.2 Å². The highest BCUT2D eigenvalue weighted by Gasteiger charge is 2.41. The second-order valence-electron chi connectivity index (χ2n) is 7.12. The van der Waals surface area contributed by atoms with Gasteiger partial charge in [-0.15, -0.1) is 12.3 Å². The molecule has 146 valence electrons. The first kappa shape index (κ1) is 19.5. The molecule has 1 atom stereocenters. The van der Waals surface area contributed by atoms with Gasteiger partial charge in [-0.25, -0.2) is 9.78 Å². The van der Waals surface area contributed by atoms with Gasteiger partial charge >= 0.3 is 5.97 Å². The van der Waals surface area contributed by atoms with Crippen LogP contribution in [0.5, 0.6) is 0 Å². The molecule has 8 heteroatoms. The molecular formula is C20H23N5O3. The van der Waals surface area contributed by atoms with Crippen LogP contribution in [0.2, 0.25) is 0 Å². The van der Waals surface area contributed by atoms with Gasteiger partial charge in [0, 0.05) is 25.7 Å². The number of carbonyl (C=O) groups is 2. The van der Waals surface area contributed by atoms with Crippen molar-refractivity contribution in [3.8, 4) is 12.3 Å². The molecule has 2 heterocycles. The van der Waals surface area contributed by atoms with Gasteiger partial charge in [-0.1, -0.05) is 12.1 Å². The van der Waals surface area contributed by atoms with Gasteiger partial charge in [0.2, 0.25) is 5.91 Å². The second-order valence-corrected chi connectivity index (χ2v) is 7.12. The number of amides is 1. The van der Waals surface area contributed by atoms with Crippen molar-refractivity contribution in [3.63, 3.8) is 0 Å². The second kappa shape index (κ2) is 7.80. The molecule has 0 fully saturated rings. The van der Waals surface area contributed by atoms with E-state index in [0.29, 0.717) is 19.3 Å². The minimum absolute atomic E-state index is 0.189. The van der Waals surface area contributed by atoms with Crippen molar-refractivity contribution in [2.45, 2.75) is 50.4 Å². The third-order valence-corrected chi connectivity index (χ3v) is 4.87. The van der Waals surface area contributed by atoms with E-state index in [-0.39, 0.29) is 18.9 Å². The fourth-order valence-corrected chi connectivity index (χ4v) is 3.21. The van der Waals surface area contributed by atoms with Crippen LogP contribution in [0.3, 0.4) is 0 Å². The van der Waals surface area contributed by atoms with Crippen LogP contribution in [0.1, 0.15) is 32.6 Å². The summed E-state index contributed by atoms with van der Waals surface area (Å²) in [4.78, 5) is 29.3. The van der Waals surface area contributed by atoms with Crippen molar-refractivity contribution >= 4 is 22.9 Å². The fourth-order valence-electron chi connectivity index (χ4n) is 3.21. The summed E-state index contributed by atoms with van der Waals surface area (Å²) in [5.41, 5.74) is -0.0884. The number of rotatable bonds is 9. The van der Waals surface area contributed by atoms with Crippen molar-refractivity contribution in [1.82, 2.24) is 14.9 Å². The van der Waals surface area contributed by atoms with E-state index in [1.54, 1.807) is 13.3 Å². The van der Waals surface area contributed by atoms with Crippen molar-refractivity contribution in [1.29, 1.82) is 0 Å². The smallest absolute Gasteiger partial charge is 0.333 e. The third-order valence-electron chi connectivity index (χ3n) is 4.87. The van der Waals surface area contributed by atoms with Crippen LogP contribution < -0.4 is 5.32 Å². The molecule has 0 radical (unpaired) electrons. The number of ether oxygens (including phenoxy) is 1. The van der Waals surface area contributed by atoms with Gasteiger partial charge in [-0.2, -0.15) is 10.2 Å². The average molecular weight is 381 g/mol. The number of carbonyl (C=O) groups excluding carboxylic acids is 2. The van der Waals surface area contributed by atoms with Gasteiger partial charge in [-0.3, -0.25) is 4.79 Å². The monoisotopic (exact) mass is 381 g/mol. The number of terminal acetylenes is 1. The van der Waals surface area contributed by atoms with Crippen molar-refractivity contribution < 1.29 is 14.3 Å². The lowest BCUT2D eigenvalue weighted by molar-refractivity contribution is -0.150. The molecule has 1 unspecified atom stereocenters. The van der Waals surface area contributed by atoms with Crippen LogP contribution in [0.15, 0.2) is 40.8 Å². The summed E-state index contributed by atoms with van der Waals surface area (Å²) < 4.78 is 6.77. The van der Waals surface area contributed by atoms with Crippen LogP contribution >= 0.6 is 0 Å². The highest BCUT2D eigenvalue weighted by Crippen LogP contribution is 2.37.